The number of hydrogen-bond acceptors (Lipinski definition) is 4. The minimum Gasteiger partial charge on any atom is -0.314 e. The number of Topliss-reactive ketones (excluding diaryl/α,β-unsaturated/α-hetero) is 1. The molecule has 7 heteroatoms. The average Bonchev–Trinajstić information content (AvgIpc) is 2.72. The van der Waals surface area contributed by atoms with Crippen LogP contribution in [0.5, 0.6) is 0 Å². The van der Waals surface area contributed by atoms with Crippen LogP contribution in [0.2, 0.25) is 0 Å². The molecule has 4 aliphatic rings. The van der Waals surface area contributed by atoms with Gasteiger partial charge < -0.3 is 5.32 Å². The summed E-state index contributed by atoms with van der Waals surface area (Å²) < 4.78 is 0. The zero-order valence-corrected chi connectivity index (χ0v) is 21.1. The number of aliphatic imine (C=N–C) groups is 1. The Morgan fingerprint density at radius 3 is 2.29 bits per heavy atom. The number of carbonyl (C=O) groups excluding carboxylic acids is 2. The van der Waals surface area contributed by atoms with Gasteiger partial charge >= 0.3 is 0 Å². The fraction of sp³-hybridized carbons (Fsp3) is 0.875. The first-order valence-corrected chi connectivity index (χ1v) is 13.8. The largest absolute Gasteiger partial charge is 0.314 e. The third-order valence-electron chi connectivity index (χ3n) is 7.03. The number of amides is 1. The van der Waals surface area contributed by atoms with E-state index in [1.165, 1.54) is 69.1 Å². The monoisotopic (exact) mass is 515 g/mol. The highest BCUT2D eigenvalue weighted by molar-refractivity contribution is 9.09. The number of ketones is 1. The van der Waals surface area contributed by atoms with E-state index in [4.69, 9.17) is 11.6 Å². The van der Waals surface area contributed by atoms with Crippen molar-refractivity contribution in [3.8, 4) is 0 Å². The van der Waals surface area contributed by atoms with Gasteiger partial charge in [-0.05, 0) is 32.2 Å². The second kappa shape index (κ2) is 13.3. The summed E-state index contributed by atoms with van der Waals surface area (Å²) in [5, 5.41) is 3.32. The predicted octanol–water partition coefficient (Wildman–Crippen LogP) is 5.23. The number of hydrogen-bond donors (Lipinski definition) is 1. The topological polar surface area (TPSA) is 61.8 Å². The van der Waals surface area contributed by atoms with Crippen molar-refractivity contribution >= 4 is 45.6 Å². The van der Waals surface area contributed by atoms with E-state index in [0.29, 0.717) is 12.8 Å². The van der Waals surface area contributed by atoms with E-state index < -0.39 is 0 Å². The number of carbonyl (C=O) groups is 2. The first kappa shape index (κ1) is 25.2. The van der Waals surface area contributed by atoms with Crippen molar-refractivity contribution in [1.82, 2.24) is 10.2 Å². The third kappa shape index (κ3) is 8.12. The van der Waals surface area contributed by atoms with Crippen LogP contribution >= 0.6 is 27.5 Å². The van der Waals surface area contributed by atoms with Gasteiger partial charge in [0.25, 0.3) is 0 Å². The van der Waals surface area contributed by atoms with E-state index in [1.807, 2.05) is 0 Å². The van der Waals surface area contributed by atoms with Gasteiger partial charge in [-0.25, -0.2) is 0 Å². The molecular formula is C24H39BrClN3O2. The van der Waals surface area contributed by atoms with Gasteiger partial charge in [0.2, 0.25) is 5.91 Å². The van der Waals surface area contributed by atoms with Crippen molar-refractivity contribution in [1.29, 1.82) is 0 Å². The molecule has 5 nitrogen and oxygen atoms in total. The predicted molar refractivity (Wildman–Crippen MR) is 131 cm³/mol. The summed E-state index contributed by atoms with van der Waals surface area (Å²) in [5.74, 6) is -0.0869. The Morgan fingerprint density at radius 2 is 1.71 bits per heavy atom. The minimum absolute atomic E-state index is 0.00000310. The molecule has 5 unspecified atom stereocenters. The molecule has 0 radical (unpaired) electrons. The van der Waals surface area contributed by atoms with Crippen LogP contribution in [0, 0.1) is 5.92 Å². The standard InChI is InChI=1S/C16H23BrClN3O2.C8H16/c17-13-7-15-12(6-14(13)18)16(23)21(9-20-15)8-11(22)5-10-3-1-2-4-19-10;1-2-4-6-8-7-5-3-1/h9-10,12-15,19H,1-8H2;1-8H2. The molecule has 31 heavy (non-hydrogen) atoms. The van der Waals surface area contributed by atoms with E-state index in [1.54, 1.807) is 6.34 Å². The molecule has 1 saturated heterocycles. The summed E-state index contributed by atoms with van der Waals surface area (Å²) in [7, 11) is 0. The van der Waals surface area contributed by atoms with Crippen molar-refractivity contribution in [2.45, 2.75) is 112 Å². The Bertz CT molecular complexity index is 588. The minimum atomic E-state index is -0.183. The molecule has 0 aromatic carbocycles. The summed E-state index contributed by atoms with van der Waals surface area (Å²) in [6, 6.07) is 0.255. The lowest BCUT2D eigenvalue weighted by Gasteiger charge is -2.38. The van der Waals surface area contributed by atoms with Crippen LogP contribution in [0.25, 0.3) is 0 Å². The van der Waals surface area contributed by atoms with Gasteiger partial charge in [0.1, 0.15) is 0 Å². The smallest absolute Gasteiger partial charge is 0.233 e. The van der Waals surface area contributed by atoms with Crippen LogP contribution in [0.3, 0.4) is 0 Å². The SMILES string of the molecule is C1CCCCCCC1.O=C(CC1CCCCN1)CN1C=NC2CC(Br)C(Cl)CC2C1=O. The second-order valence-electron chi connectivity index (χ2n) is 9.63. The lowest BCUT2D eigenvalue weighted by atomic mass is 9.82. The zero-order valence-electron chi connectivity index (χ0n) is 18.7. The fourth-order valence-electron chi connectivity index (χ4n) is 5.12. The quantitative estimate of drug-likeness (QED) is 0.521. The van der Waals surface area contributed by atoms with E-state index >= 15 is 0 Å². The zero-order chi connectivity index (χ0) is 22.1. The summed E-state index contributed by atoms with van der Waals surface area (Å²) in [6.45, 7) is 1.12. The molecule has 2 aliphatic heterocycles. The van der Waals surface area contributed by atoms with Crippen molar-refractivity contribution in [2.24, 2.45) is 10.9 Å². The summed E-state index contributed by atoms with van der Waals surface area (Å²) in [5.41, 5.74) is 0. The molecule has 4 rings (SSSR count). The number of nitrogens with one attached hydrogen (secondary N) is 1. The van der Waals surface area contributed by atoms with E-state index in [9.17, 15) is 9.59 Å². The van der Waals surface area contributed by atoms with E-state index in [0.717, 1.165) is 19.4 Å². The molecule has 2 aliphatic carbocycles. The summed E-state index contributed by atoms with van der Waals surface area (Å²) in [6.07, 6.45) is 18.8. The number of piperidine rings is 1. The second-order valence-corrected chi connectivity index (χ2v) is 11.4. The van der Waals surface area contributed by atoms with Crippen molar-refractivity contribution in [3.63, 3.8) is 0 Å². The molecule has 2 heterocycles. The van der Waals surface area contributed by atoms with Gasteiger partial charge in [0.15, 0.2) is 5.78 Å². The molecule has 176 valence electrons. The molecule has 1 N–H and O–H groups in total. The number of fused-ring (bicyclic) bond motifs is 1. The van der Waals surface area contributed by atoms with E-state index in [-0.39, 0.29) is 46.4 Å². The van der Waals surface area contributed by atoms with E-state index in [2.05, 4.69) is 26.2 Å². The molecule has 0 spiro atoms. The van der Waals surface area contributed by atoms with Crippen LogP contribution in [0.4, 0.5) is 0 Å². The lowest BCUT2D eigenvalue weighted by molar-refractivity contribution is -0.136. The van der Waals surface area contributed by atoms with Crippen molar-refractivity contribution < 1.29 is 9.59 Å². The van der Waals surface area contributed by atoms with Gasteiger partial charge in [-0.15, -0.1) is 11.6 Å². The fourth-order valence-corrected chi connectivity index (χ4v) is 6.01. The maximum Gasteiger partial charge on any atom is 0.233 e. The molecule has 0 aromatic heterocycles. The van der Waals surface area contributed by atoms with Crippen LogP contribution in [-0.4, -0.2) is 58.3 Å². The Balaban J connectivity index is 0.000000287. The molecule has 3 fully saturated rings. The number of rotatable bonds is 4. The average molecular weight is 517 g/mol. The first-order valence-electron chi connectivity index (χ1n) is 12.4. The van der Waals surface area contributed by atoms with Gasteiger partial charge in [-0.2, -0.15) is 0 Å². The van der Waals surface area contributed by atoms with Gasteiger partial charge in [0.05, 0.1) is 24.8 Å². The molecule has 2 saturated carbocycles. The Kier molecular flexibility index (Phi) is 10.8. The first-order chi connectivity index (χ1) is 15.0. The molecule has 1 amide bonds. The highest BCUT2D eigenvalue weighted by Gasteiger charge is 2.42. The Hall–Kier alpha value is -0.460. The highest BCUT2D eigenvalue weighted by Crippen LogP contribution is 2.36. The maximum atomic E-state index is 12.6. The molecule has 5 atom stereocenters. The summed E-state index contributed by atoms with van der Waals surface area (Å²) >= 11 is 9.84. The number of nitrogens with zero attached hydrogens (tertiary/aromatic N) is 2. The lowest BCUT2D eigenvalue weighted by Crippen LogP contribution is -2.51. The van der Waals surface area contributed by atoms with Crippen LogP contribution in [0.1, 0.15) is 89.9 Å². The molecule has 0 bridgehead atoms. The van der Waals surface area contributed by atoms with Gasteiger partial charge in [-0.1, -0.05) is 73.7 Å². The number of halogens is 2. The van der Waals surface area contributed by atoms with Crippen molar-refractivity contribution in [3.05, 3.63) is 0 Å². The molecule has 0 aromatic rings. The van der Waals surface area contributed by atoms with Crippen molar-refractivity contribution in [2.75, 3.05) is 13.1 Å². The summed E-state index contributed by atoms with van der Waals surface area (Å²) in [4.78, 5) is 31.1. The Labute approximate surface area is 201 Å². The highest BCUT2D eigenvalue weighted by atomic mass is 79.9. The Morgan fingerprint density at radius 1 is 1.06 bits per heavy atom. The van der Waals surface area contributed by atoms with Crippen LogP contribution in [0.15, 0.2) is 4.99 Å². The third-order valence-corrected chi connectivity index (χ3v) is 8.83. The number of alkyl halides is 2. The van der Waals surface area contributed by atoms with Crippen LogP contribution < -0.4 is 5.32 Å². The molecular weight excluding hydrogens is 478 g/mol. The van der Waals surface area contributed by atoms with Gasteiger partial charge in [0, 0.05) is 22.7 Å². The normalized spacial score (nSPS) is 34.1. The van der Waals surface area contributed by atoms with Crippen LogP contribution in [-0.2, 0) is 9.59 Å². The maximum absolute atomic E-state index is 12.6. The van der Waals surface area contributed by atoms with Gasteiger partial charge in [-0.3, -0.25) is 19.5 Å².